The van der Waals surface area contributed by atoms with Gasteiger partial charge in [-0.2, -0.15) is 0 Å². The van der Waals surface area contributed by atoms with Gasteiger partial charge in [-0.05, 0) is 26.7 Å². The van der Waals surface area contributed by atoms with Crippen molar-refractivity contribution in [2.75, 3.05) is 23.7 Å². The zero-order chi connectivity index (χ0) is 14.3. The summed E-state index contributed by atoms with van der Waals surface area (Å²) in [6.07, 6.45) is 4.57. The van der Waals surface area contributed by atoms with Gasteiger partial charge in [-0.3, -0.25) is 0 Å². The van der Waals surface area contributed by atoms with E-state index in [0.717, 1.165) is 43.0 Å². The summed E-state index contributed by atoms with van der Waals surface area (Å²) in [4.78, 5) is 8.61. The van der Waals surface area contributed by atoms with Crippen molar-refractivity contribution in [3.05, 3.63) is 11.9 Å². The van der Waals surface area contributed by atoms with Gasteiger partial charge in [0.05, 0.1) is 5.60 Å². The summed E-state index contributed by atoms with van der Waals surface area (Å²) >= 11 is 0. The Labute approximate surface area is 115 Å². The summed E-state index contributed by atoms with van der Waals surface area (Å²) < 4.78 is 0. The molecule has 0 spiro atoms. The first-order chi connectivity index (χ1) is 8.98. The van der Waals surface area contributed by atoms with Crippen molar-refractivity contribution in [3.63, 3.8) is 0 Å². The second kappa shape index (κ2) is 7.28. The molecule has 0 amide bonds. The maximum absolute atomic E-state index is 9.79. The van der Waals surface area contributed by atoms with Crippen LogP contribution in [0.5, 0.6) is 0 Å². The third-order valence-corrected chi connectivity index (χ3v) is 2.68. The third-order valence-electron chi connectivity index (χ3n) is 2.68. The number of aliphatic hydroxyl groups is 1. The number of anilines is 2. The molecule has 0 aliphatic heterocycles. The van der Waals surface area contributed by atoms with Crippen LogP contribution >= 0.6 is 0 Å². The van der Waals surface area contributed by atoms with E-state index in [1.165, 1.54) is 0 Å². The van der Waals surface area contributed by atoms with Gasteiger partial charge in [-0.1, -0.05) is 20.3 Å². The van der Waals surface area contributed by atoms with Gasteiger partial charge in [0, 0.05) is 18.7 Å². The van der Waals surface area contributed by atoms with Gasteiger partial charge in [0.25, 0.3) is 0 Å². The van der Waals surface area contributed by atoms with Gasteiger partial charge >= 0.3 is 0 Å². The van der Waals surface area contributed by atoms with Crippen molar-refractivity contribution in [1.82, 2.24) is 9.97 Å². The first-order valence-corrected chi connectivity index (χ1v) is 7.02. The molecule has 0 aliphatic rings. The first-order valence-electron chi connectivity index (χ1n) is 7.02. The molecule has 1 rings (SSSR count). The largest absolute Gasteiger partial charge is 0.389 e. The summed E-state index contributed by atoms with van der Waals surface area (Å²) in [6, 6.07) is 0. The second-order valence-corrected chi connectivity index (χ2v) is 5.39. The molecular weight excluding hydrogens is 240 g/mol. The average Bonchev–Trinajstić information content (AvgIpc) is 2.35. The minimum absolute atomic E-state index is 0.466. The lowest BCUT2D eigenvalue weighted by molar-refractivity contribution is 0.0944. The zero-order valence-electron chi connectivity index (χ0n) is 12.5. The second-order valence-electron chi connectivity index (χ2n) is 5.39. The molecule has 0 bridgehead atoms. The van der Waals surface area contributed by atoms with Crippen LogP contribution in [0.25, 0.3) is 0 Å². The SMILES string of the molecule is CCCNc1ncnc(NCC(C)(C)O)c1CCC. The Morgan fingerprint density at radius 1 is 1.11 bits per heavy atom. The van der Waals surface area contributed by atoms with E-state index in [4.69, 9.17) is 0 Å². The highest BCUT2D eigenvalue weighted by Crippen LogP contribution is 2.22. The van der Waals surface area contributed by atoms with E-state index < -0.39 is 5.60 Å². The molecule has 0 atom stereocenters. The molecule has 1 aromatic rings. The fourth-order valence-corrected chi connectivity index (χ4v) is 1.75. The lowest BCUT2D eigenvalue weighted by atomic mass is 10.1. The van der Waals surface area contributed by atoms with Crippen LogP contribution in [0.4, 0.5) is 11.6 Å². The van der Waals surface area contributed by atoms with Crippen molar-refractivity contribution in [2.45, 2.75) is 52.6 Å². The number of hydrogen-bond donors (Lipinski definition) is 3. The van der Waals surface area contributed by atoms with Gasteiger partial charge in [0.15, 0.2) is 0 Å². The van der Waals surface area contributed by atoms with E-state index in [-0.39, 0.29) is 0 Å². The van der Waals surface area contributed by atoms with Gasteiger partial charge < -0.3 is 15.7 Å². The van der Waals surface area contributed by atoms with E-state index in [9.17, 15) is 5.11 Å². The van der Waals surface area contributed by atoms with Crippen LogP contribution in [-0.4, -0.2) is 33.8 Å². The molecule has 0 aromatic carbocycles. The number of aromatic nitrogens is 2. The quantitative estimate of drug-likeness (QED) is 0.674. The molecule has 0 aliphatic carbocycles. The Bertz CT molecular complexity index is 388. The Kier molecular flexibility index (Phi) is 6.02. The Morgan fingerprint density at radius 3 is 2.26 bits per heavy atom. The normalized spacial score (nSPS) is 11.4. The molecule has 108 valence electrons. The number of nitrogens with zero attached hydrogens (tertiary/aromatic N) is 2. The monoisotopic (exact) mass is 266 g/mol. The maximum atomic E-state index is 9.79. The summed E-state index contributed by atoms with van der Waals surface area (Å²) in [7, 11) is 0. The number of rotatable bonds is 8. The van der Waals surface area contributed by atoms with E-state index in [1.807, 2.05) is 0 Å². The number of nitrogens with one attached hydrogen (secondary N) is 2. The molecule has 19 heavy (non-hydrogen) atoms. The summed E-state index contributed by atoms with van der Waals surface area (Å²) in [5, 5.41) is 16.3. The fourth-order valence-electron chi connectivity index (χ4n) is 1.75. The van der Waals surface area contributed by atoms with Crippen LogP contribution in [0.2, 0.25) is 0 Å². The molecule has 5 heteroatoms. The molecule has 0 radical (unpaired) electrons. The fraction of sp³-hybridized carbons (Fsp3) is 0.714. The highest BCUT2D eigenvalue weighted by atomic mass is 16.3. The molecule has 3 N–H and O–H groups in total. The topological polar surface area (TPSA) is 70.1 Å². The van der Waals surface area contributed by atoms with E-state index >= 15 is 0 Å². The smallest absolute Gasteiger partial charge is 0.134 e. The van der Waals surface area contributed by atoms with E-state index in [0.29, 0.717) is 6.54 Å². The van der Waals surface area contributed by atoms with Gasteiger partial charge in [-0.15, -0.1) is 0 Å². The molecule has 5 nitrogen and oxygen atoms in total. The predicted molar refractivity (Wildman–Crippen MR) is 79.6 cm³/mol. The molecule has 1 aromatic heterocycles. The molecule has 1 heterocycles. The van der Waals surface area contributed by atoms with Crippen molar-refractivity contribution in [2.24, 2.45) is 0 Å². The Balaban J connectivity index is 2.88. The van der Waals surface area contributed by atoms with Crippen molar-refractivity contribution in [1.29, 1.82) is 0 Å². The molecule has 0 saturated carbocycles. The maximum Gasteiger partial charge on any atom is 0.134 e. The van der Waals surface area contributed by atoms with Gasteiger partial charge in [0.2, 0.25) is 0 Å². The first kappa shape index (κ1) is 15.7. The van der Waals surface area contributed by atoms with Crippen molar-refractivity contribution in [3.8, 4) is 0 Å². The summed E-state index contributed by atoms with van der Waals surface area (Å²) in [6.45, 7) is 9.18. The minimum Gasteiger partial charge on any atom is -0.389 e. The minimum atomic E-state index is -0.758. The summed E-state index contributed by atoms with van der Waals surface area (Å²) in [5.74, 6) is 1.72. The zero-order valence-corrected chi connectivity index (χ0v) is 12.5. The van der Waals surface area contributed by atoms with Crippen LogP contribution in [-0.2, 0) is 6.42 Å². The van der Waals surface area contributed by atoms with Crippen LogP contribution in [0.15, 0.2) is 6.33 Å². The lowest BCUT2D eigenvalue weighted by Gasteiger charge is -2.20. The van der Waals surface area contributed by atoms with Crippen LogP contribution < -0.4 is 10.6 Å². The van der Waals surface area contributed by atoms with Crippen LogP contribution in [0.3, 0.4) is 0 Å². The molecule has 0 fully saturated rings. The average molecular weight is 266 g/mol. The lowest BCUT2D eigenvalue weighted by Crippen LogP contribution is -2.30. The molecular formula is C14H26N4O. The predicted octanol–water partition coefficient (Wildman–Crippen LogP) is 2.43. The standard InChI is InChI=1S/C14H26N4O/c1-5-7-11-12(15-8-6-2)17-10-18-13(11)16-9-14(3,4)19/h10,19H,5-9H2,1-4H3,(H2,15,16,17,18). The Morgan fingerprint density at radius 2 is 1.74 bits per heavy atom. The Hall–Kier alpha value is -1.36. The van der Waals surface area contributed by atoms with E-state index in [1.54, 1.807) is 20.2 Å². The highest BCUT2D eigenvalue weighted by Gasteiger charge is 2.15. The van der Waals surface area contributed by atoms with Crippen LogP contribution in [0.1, 0.15) is 46.1 Å². The molecule has 0 unspecified atom stereocenters. The molecule has 0 saturated heterocycles. The van der Waals surface area contributed by atoms with Gasteiger partial charge in [0.1, 0.15) is 18.0 Å². The van der Waals surface area contributed by atoms with E-state index in [2.05, 4.69) is 34.4 Å². The van der Waals surface area contributed by atoms with Gasteiger partial charge in [-0.25, -0.2) is 9.97 Å². The third kappa shape index (κ3) is 5.42. The summed E-state index contributed by atoms with van der Waals surface area (Å²) in [5.41, 5.74) is 0.341. The van der Waals surface area contributed by atoms with Crippen molar-refractivity contribution >= 4 is 11.6 Å². The van der Waals surface area contributed by atoms with Crippen molar-refractivity contribution < 1.29 is 5.11 Å². The van der Waals surface area contributed by atoms with Crippen LogP contribution in [0, 0.1) is 0 Å². The highest BCUT2D eigenvalue weighted by molar-refractivity contribution is 5.57. The number of hydrogen-bond acceptors (Lipinski definition) is 5.